The van der Waals surface area contributed by atoms with Gasteiger partial charge in [-0.05, 0) is 23.6 Å². The Morgan fingerprint density at radius 2 is 2.10 bits per heavy atom. The minimum absolute atomic E-state index is 0.298. The maximum Gasteiger partial charge on any atom is 0.179 e. The zero-order chi connectivity index (χ0) is 14.5. The van der Waals surface area contributed by atoms with Crippen LogP contribution in [0.1, 0.15) is 25.8 Å². The minimum atomic E-state index is -0.326. The molecule has 112 valence electrons. The SMILES string of the molecule is CCC(C)C(O)CNCc1cc(Cl)c2c(c1)OCCO2. The summed E-state index contributed by atoms with van der Waals surface area (Å²) < 4.78 is 11.0. The fraction of sp³-hybridized carbons (Fsp3) is 0.600. The standard InChI is InChI=1S/C15H22ClNO3/c1-3-10(2)13(18)9-17-8-11-6-12(16)15-14(7-11)19-4-5-20-15/h6-7,10,13,17-18H,3-5,8-9H2,1-2H3. The number of rotatable bonds is 6. The first-order valence-corrected chi connectivity index (χ1v) is 7.46. The van der Waals surface area contributed by atoms with Crippen molar-refractivity contribution in [3.63, 3.8) is 0 Å². The molecule has 1 aromatic rings. The van der Waals surface area contributed by atoms with Crippen LogP contribution in [0.2, 0.25) is 5.02 Å². The van der Waals surface area contributed by atoms with Crippen LogP contribution in [-0.4, -0.2) is 31.0 Å². The van der Waals surface area contributed by atoms with Gasteiger partial charge in [-0.1, -0.05) is 31.9 Å². The Morgan fingerprint density at radius 1 is 1.35 bits per heavy atom. The fourth-order valence-electron chi connectivity index (χ4n) is 2.10. The van der Waals surface area contributed by atoms with Crippen molar-refractivity contribution in [1.29, 1.82) is 0 Å². The lowest BCUT2D eigenvalue weighted by Crippen LogP contribution is -2.31. The summed E-state index contributed by atoms with van der Waals surface area (Å²) in [7, 11) is 0. The van der Waals surface area contributed by atoms with Crippen molar-refractivity contribution in [1.82, 2.24) is 5.32 Å². The van der Waals surface area contributed by atoms with Gasteiger partial charge >= 0.3 is 0 Å². The van der Waals surface area contributed by atoms with Crippen LogP contribution in [0.15, 0.2) is 12.1 Å². The van der Waals surface area contributed by atoms with Crippen LogP contribution in [0.3, 0.4) is 0 Å². The molecule has 2 atom stereocenters. The molecule has 0 amide bonds. The van der Waals surface area contributed by atoms with Crippen LogP contribution in [0, 0.1) is 5.92 Å². The first kappa shape index (κ1) is 15.4. The lowest BCUT2D eigenvalue weighted by Gasteiger charge is -2.21. The molecule has 5 heteroatoms. The van der Waals surface area contributed by atoms with Gasteiger partial charge in [0.2, 0.25) is 0 Å². The third kappa shape index (κ3) is 3.78. The molecule has 0 saturated carbocycles. The number of halogens is 1. The van der Waals surface area contributed by atoms with Crippen molar-refractivity contribution < 1.29 is 14.6 Å². The van der Waals surface area contributed by atoms with E-state index in [-0.39, 0.29) is 6.10 Å². The van der Waals surface area contributed by atoms with E-state index >= 15 is 0 Å². The van der Waals surface area contributed by atoms with Crippen molar-refractivity contribution in [2.24, 2.45) is 5.92 Å². The quantitative estimate of drug-likeness (QED) is 0.848. The highest BCUT2D eigenvalue weighted by Crippen LogP contribution is 2.38. The highest BCUT2D eigenvalue weighted by Gasteiger charge is 2.17. The van der Waals surface area contributed by atoms with Crippen molar-refractivity contribution in [2.45, 2.75) is 32.9 Å². The molecule has 1 heterocycles. The molecule has 1 aliphatic rings. The largest absolute Gasteiger partial charge is 0.486 e. The van der Waals surface area contributed by atoms with Crippen molar-refractivity contribution in [3.8, 4) is 11.5 Å². The highest BCUT2D eigenvalue weighted by atomic mass is 35.5. The number of hydrogen-bond donors (Lipinski definition) is 2. The van der Waals surface area contributed by atoms with Gasteiger partial charge in [0.1, 0.15) is 13.2 Å². The summed E-state index contributed by atoms with van der Waals surface area (Å²) in [5, 5.41) is 13.7. The molecule has 0 aromatic heterocycles. The van der Waals surface area contributed by atoms with E-state index in [1.165, 1.54) is 0 Å². The number of hydrogen-bond acceptors (Lipinski definition) is 4. The molecule has 0 aliphatic carbocycles. The second kappa shape index (κ2) is 7.16. The Labute approximate surface area is 125 Å². The smallest absolute Gasteiger partial charge is 0.179 e. The third-order valence-corrected chi connectivity index (χ3v) is 3.92. The zero-order valence-electron chi connectivity index (χ0n) is 12.0. The summed E-state index contributed by atoms with van der Waals surface area (Å²) >= 11 is 6.18. The van der Waals surface area contributed by atoms with Crippen LogP contribution in [0.4, 0.5) is 0 Å². The molecule has 2 rings (SSSR count). The Morgan fingerprint density at radius 3 is 2.85 bits per heavy atom. The van der Waals surface area contributed by atoms with E-state index in [4.69, 9.17) is 21.1 Å². The van der Waals surface area contributed by atoms with Gasteiger partial charge in [-0.25, -0.2) is 0 Å². The van der Waals surface area contributed by atoms with Gasteiger partial charge in [0.25, 0.3) is 0 Å². The molecule has 2 unspecified atom stereocenters. The molecule has 0 bridgehead atoms. The van der Waals surface area contributed by atoms with Gasteiger partial charge < -0.3 is 19.9 Å². The van der Waals surface area contributed by atoms with Gasteiger partial charge in [0, 0.05) is 13.1 Å². The minimum Gasteiger partial charge on any atom is -0.486 e. The highest BCUT2D eigenvalue weighted by molar-refractivity contribution is 6.32. The molecule has 4 nitrogen and oxygen atoms in total. The number of aliphatic hydroxyl groups is 1. The number of aliphatic hydroxyl groups excluding tert-OH is 1. The van der Waals surface area contributed by atoms with Crippen LogP contribution in [0.5, 0.6) is 11.5 Å². The molecule has 1 aromatic carbocycles. The summed E-state index contributed by atoms with van der Waals surface area (Å²) in [4.78, 5) is 0. The summed E-state index contributed by atoms with van der Waals surface area (Å²) in [5.41, 5.74) is 1.02. The van der Waals surface area contributed by atoms with Crippen molar-refractivity contribution in [2.75, 3.05) is 19.8 Å². The second-order valence-electron chi connectivity index (χ2n) is 5.19. The third-order valence-electron chi connectivity index (χ3n) is 3.64. The normalized spacial score (nSPS) is 16.8. The van der Waals surface area contributed by atoms with Gasteiger partial charge in [0.15, 0.2) is 11.5 Å². The van der Waals surface area contributed by atoms with E-state index in [1.54, 1.807) is 0 Å². The monoisotopic (exact) mass is 299 g/mol. The maximum absolute atomic E-state index is 9.91. The first-order valence-electron chi connectivity index (χ1n) is 7.08. The summed E-state index contributed by atoms with van der Waals surface area (Å²) in [6, 6.07) is 3.81. The van der Waals surface area contributed by atoms with Crippen molar-refractivity contribution in [3.05, 3.63) is 22.7 Å². The molecule has 0 spiro atoms. The van der Waals surface area contributed by atoms with E-state index in [2.05, 4.69) is 12.2 Å². The maximum atomic E-state index is 9.91. The van der Waals surface area contributed by atoms with E-state index < -0.39 is 0 Å². The fourth-order valence-corrected chi connectivity index (χ4v) is 2.39. The summed E-state index contributed by atoms with van der Waals surface area (Å²) in [5.74, 6) is 1.62. The molecule has 0 saturated heterocycles. The molecule has 20 heavy (non-hydrogen) atoms. The van der Waals surface area contributed by atoms with Gasteiger partial charge in [-0.15, -0.1) is 0 Å². The second-order valence-corrected chi connectivity index (χ2v) is 5.59. The van der Waals surface area contributed by atoms with E-state index in [0.717, 1.165) is 12.0 Å². The number of benzene rings is 1. The lowest BCUT2D eigenvalue weighted by atomic mass is 10.0. The summed E-state index contributed by atoms with van der Waals surface area (Å²) in [6.45, 7) is 6.42. The van der Waals surface area contributed by atoms with E-state index in [1.807, 2.05) is 19.1 Å². The molecule has 0 fully saturated rings. The Bertz CT molecular complexity index is 453. The number of fused-ring (bicyclic) bond motifs is 1. The van der Waals surface area contributed by atoms with Crippen LogP contribution >= 0.6 is 11.6 Å². The number of nitrogens with one attached hydrogen (secondary N) is 1. The van der Waals surface area contributed by atoms with E-state index in [9.17, 15) is 5.11 Å². The van der Waals surface area contributed by atoms with Crippen LogP contribution < -0.4 is 14.8 Å². The first-order chi connectivity index (χ1) is 9.61. The molecule has 2 N–H and O–H groups in total. The summed E-state index contributed by atoms with van der Waals surface area (Å²) in [6.07, 6.45) is 0.645. The topological polar surface area (TPSA) is 50.7 Å². The number of ether oxygens (including phenoxy) is 2. The van der Waals surface area contributed by atoms with E-state index in [0.29, 0.717) is 48.7 Å². The molecule has 1 aliphatic heterocycles. The van der Waals surface area contributed by atoms with Crippen LogP contribution in [0.25, 0.3) is 0 Å². The van der Waals surface area contributed by atoms with Gasteiger partial charge in [-0.3, -0.25) is 0 Å². The molecule has 0 radical (unpaired) electrons. The Balaban J connectivity index is 1.92. The zero-order valence-corrected chi connectivity index (χ0v) is 12.7. The van der Waals surface area contributed by atoms with Gasteiger partial charge in [-0.2, -0.15) is 0 Å². The van der Waals surface area contributed by atoms with Gasteiger partial charge in [0.05, 0.1) is 11.1 Å². The predicted octanol–water partition coefficient (Wildman–Crippen LogP) is 2.61. The lowest BCUT2D eigenvalue weighted by molar-refractivity contribution is 0.113. The van der Waals surface area contributed by atoms with Crippen LogP contribution in [-0.2, 0) is 6.54 Å². The predicted molar refractivity (Wildman–Crippen MR) is 79.6 cm³/mol. The average molecular weight is 300 g/mol. The van der Waals surface area contributed by atoms with Crippen molar-refractivity contribution >= 4 is 11.6 Å². The average Bonchev–Trinajstić information content (AvgIpc) is 2.46. The Hall–Kier alpha value is -0.970. The Kier molecular flexibility index (Phi) is 5.52. The molecular formula is C15H22ClNO3. The molecular weight excluding hydrogens is 278 g/mol.